The van der Waals surface area contributed by atoms with Gasteiger partial charge in [0.1, 0.15) is 5.75 Å². The average molecular weight is 296 g/mol. The van der Waals surface area contributed by atoms with Crippen molar-refractivity contribution in [2.24, 2.45) is 0 Å². The van der Waals surface area contributed by atoms with Crippen LogP contribution in [-0.4, -0.2) is 16.9 Å². The van der Waals surface area contributed by atoms with Crippen LogP contribution >= 0.6 is 12.4 Å². The number of nitrogens with zero attached hydrogens (tertiary/aromatic N) is 2. The molecule has 0 amide bonds. The molecule has 0 saturated carbocycles. The zero-order chi connectivity index (χ0) is 13.5. The molecule has 1 aromatic heterocycles. The summed E-state index contributed by atoms with van der Waals surface area (Å²) in [4.78, 5) is 0. The Morgan fingerprint density at radius 3 is 2.55 bits per heavy atom. The number of halogens is 1. The van der Waals surface area contributed by atoms with E-state index in [-0.39, 0.29) is 12.4 Å². The van der Waals surface area contributed by atoms with E-state index in [1.165, 1.54) is 5.56 Å². The second-order valence-electron chi connectivity index (χ2n) is 4.52. The van der Waals surface area contributed by atoms with Gasteiger partial charge in [-0.15, -0.1) is 12.4 Å². The zero-order valence-corrected chi connectivity index (χ0v) is 12.8. The highest BCUT2D eigenvalue weighted by Gasteiger charge is 1.99. The summed E-state index contributed by atoms with van der Waals surface area (Å²) in [6, 6.07) is 10.2. The third kappa shape index (κ3) is 4.87. The fourth-order valence-corrected chi connectivity index (χ4v) is 1.93. The van der Waals surface area contributed by atoms with Crippen LogP contribution < -0.4 is 10.1 Å². The summed E-state index contributed by atoms with van der Waals surface area (Å²) < 4.78 is 7.13. The Bertz CT molecular complexity index is 496. The SMILES string of the molecule is CCCn1ccc(CNCc2ccc(OC)cc2)n1.Cl. The van der Waals surface area contributed by atoms with Crippen LogP contribution in [-0.2, 0) is 19.6 Å². The van der Waals surface area contributed by atoms with E-state index in [0.717, 1.165) is 37.5 Å². The van der Waals surface area contributed by atoms with Gasteiger partial charge in [-0.2, -0.15) is 5.10 Å². The molecule has 0 saturated heterocycles. The Morgan fingerprint density at radius 1 is 1.15 bits per heavy atom. The average Bonchev–Trinajstić information content (AvgIpc) is 2.88. The highest BCUT2D eigenvalue weighted by atomic mass is 35.5. The van der Waals surface area contributed by atoms with Gasteiger partial charge in [0.05, 0.1) is 12.8 Å². The molecule has 0 aliphatic heterocycles. The monoisotopic (exact) mass is 295 g/mol. The van der Waals surface area contributed by atoms with Crippen LogP contribution in [0.1, 0.15) is 24.6 Å². The summed E-state index contributed by atoms with van der Waals surface area (Å²) in [5, 5.41) is 7.89. The van der Waals surface area contributed by atoms with Crippen molar-refractivity contribution in [3.63, 3.8) is 0 Å². The number of rotatable bonds is 7. The quantitative estimate of drug-likeness (QED) is 0.853. The molecule has 0 atom stereocenters. The number of nitrogens with one attached hydrogen (secondary N) is 1. The van der Waals surface area contributed by atoms with E-state index in [9.17, 15) is 0 Å². The van der Waals surface area contributed by atoms with Crippen LogP contribution in [0.2, 0.25) is 0 Å². The highest BCUT2D eigenvalue weighted by molar-refractivity contribution is 5.85. The maximum atomic E-state index is 5.14. The minimum absolute atomic E-state index is 0. The molecule has 0 aliphatic rings. The minimum atomic E-state index is 0. The van der Waals surface area contributed by atoms with E-state index in [4.69, 9.17) is 4.74 Å². The van der Waals surface area contributed by atoms with Crippen LogP contribution in [0.15, 0.2) is 36.5 Å². The van der Waals surface area contributed by atoms with Crippen LogP contribution in [0, 0.1) is 0 Å². The van der Waals surface area contributed by atoms with E-state index in [1.54, 1.807) is 7.11 Å². The first kappa shape index (κ1) is 16.5. The van der Waals surface area contributed by atoms with E-state index < -0.39 is 0 Å². The Morgan fingerprint density at radius 2 is 1.90 bits per heavy atom. The van der Waals surface area contributed by atoms with Gasteiger partial charge < -0.3 is 10.1 Å². The van der Waals surface area contributed by atoms with Gasteiger partial charge in [-0.1, -0.05) is 19.1 Å². The van der Waals surface area contributed by atoms with Gasteiger partial charge in [0.25, 0.3) is 0 Å². The topological polar surface area (TPSA) is 39.1 Å². The predicted octanol–water partition coefficient (Wildman–Crippen LogP) is 3.01. The standard InChI is InChI=1S/C15H21N3O.ClH/c1-3-9-18-10-8-14(17-18)12-16-11-13-4-6-15(19-2)7-5-13;/h4-8,10,16H,3,9,11-12H2,1-2H3;1H. The van der Waals surface area contributed by atoms with Crippen molar-refractivity contribution < 1.29 is 4.74 Å². The summed E-state index contributed by atoms with van der Waals surface area (Å²) in [6.07, 6.45) is 3.15. The molecule has 2 rings (SSSR count). The van der Waals surface area contributed by atoms with Crippen molar-refractivity contribution in [3.05, 3.63) is 47.8 Å². The lowest BCUT2D eigenvalue weighted by atomic mass is 10.2. The van der Waals surface area contributed by atoms with Gasteiger partial charge in [0, 0.05) is 25.8 Å². The van der Waals surface area contributed by atoms with Gasteiger partial charge in [0.15, 0.2) is 0 Å². The summed E-state index contributed by atoms with van der Waals surface area (Å²) in [7, 11) is 1.68. The van der Waals surface area contributed by atoms with E-state index >= 15 is 0 Å². The van der Waals surface area contributed by atoms with Crippen molar-refractivity contribution in [1.29, 1.82) is 0 Å². The molecule has 0 aliphatic carbocycles. The first-order valence-corrected chi connectivity index (χ1v) is 6.68. The molecule has 0 bridgehead atoms. The van der Waals surface area contributed by atoms with Crippen molar-refractivity contribution in [2.45, 2.75) is 33.0 Å². The largest absolute Gasteiger partial charge is 0.497 e. The first-order chi connectivity index (χ1) is 9.31. The Labute approximate surface area is 126 Å². The Kier molecular flexibility index (Phi) is 7.12. The zero-order valence-electron chi connectivity index (χ0n) is 12.0. The van der Waals surface area contributed by atoms with Gasteiger partial charge in [0.2, 0.25) is 0 Å². The third-order valence-electron chi connectivity index (χ3n) is 2.94. The number of hydrogen-bond acceptors (Lipinski definition) is 3. The molecule has 0 radical (unpaired) electrons. The summed E-state index contributed by atoms with van der Waals surface area (Å²) >= 11 is 0. The molecule has 20 heavy (non-hydrogen) atoms. The normalized spacial score (nSPS) is 10.1. The molecule has 0 spiro atoms. The summed E-state index contributed by atoms with van der Waals surface area (Å²) in [5.41, 5.74) is 2.33. The molecule has 4 nitrogen and oxygen atoms in total. The lowest BCUT2D eigenvalue weighted by Crippen LogP contribution is -2.13. The fraction of sp³-hybridized carbons (Fsp3) is 0.400. The molecule has 110 valence electrons. The number of benzene rings is 1. The maximum Gasteiger partial charge on any atom is 0.118 e. The van der Waals surface area contributed by atoms with E-state index in [1.807, 2.05) is 23.0 Å². The maximum absolute atomic E-state index is 5.14. The smallest absolute Gasteiger partial charge is 0.118 e. The van der Waals surface area contributed by atoms with Crippen LogP contribution in [0.25, 0.3) is 0 Å². The minimum Gasteiger partial charge on any atom is -0.497 e. The van der Waals surface area contributed by atoms with Gasteiger partial charge >= 0.3 is 0 Å². The molecule has 1 heterocycles. The molecule has 5 heteroatoms. The summed E-state index contributed by atoms with van der Waals surface area (Å²) in [6.45, 7) is 4.77. The van der Waals surface area contributed by atoms with Crippen molar-refractivity contribution in [3.8, 4) is 5.75 Å². The van der Waals surface area contributed by atoms with E-state index in [0.29, 0.717) is 0 Å². The Hall–Kier alpha value is -1.52. The lowest BCUT2D eigenvalue weighted by Gasteiger charge is -2.04. The number of hydrogen-bond donors (Lipinski definition) is 1. The number of aromatic nitrogens is 2. The van der Waals surface area contributed by atoms with Crippen molar-refractivity contribution in [2.75, 3.05) is 7.11 Å². The third-order valence-corrected chi connectivity index (χ3v) is 2.94. The number of methoxy groups -OCH3 is 1. The molecular formula is C15H22ClN3O. The second-order valence-corrected chi connectivity index (χ2v) is 4.52. The lowest BCUT2D eigenvalue weighted by molar-refractivity contribution is 0.414. The van der Waals surface area contributed by atoms with Crippen LogP contribution in [0.4, 0.5) is 0 Å². The van der Waals surface area contributed by atoms with E-state index in [2.05, 4.69) is 35.5 Å². The molecule has 0 unspecified atom stereocenters. The second kappa shape index (κ2) is 8.61. The first-order valence-electron chi connectivity index (χ1n) is 6.68. The Balaban J connectivity index is 0.00000200. The van der Waals surface area contributed by atoms with Gasteiger partial charge in [-0.3, -0.25) is 4.68 Å². The number of aryl methyl sites for hydroxylation is 1. The highest BCUT2D eigenvalue weighted by Crippen LogP contribution is 2.11. The van der Waals surface area contributed by atoms with Crippen molar-refractivity contribution >= 4 is 12.4 Å². The van der Waals surface area contributed by atoms with Crippen molar-refractivity contribution in [1.82, 2.24) is 15.1 Å². The molecule has 1 N–H and O–H groups in total. The van der Waals surface area contributed by atoms with Crippen LogP contribution in [0.5, 0.6) is 5.75 Å². The summed E-state index contributed by atoms with van der Waals surface area (Å²) in [5.74, 6) is 0.891. The number of ether oxygens (including phenoxy) is 1. The predicted molar refractivity (Wildman–Crippen MR) is 83.3 cm³/mol. The molecular weight excluding hydrogens is 274 g/mol. The van der Waals surface area contributed by atoms with Gasteiger partial charge in [-0.25, -0.2) is 0 Å². The van der Waals surface area contributed by atoms with Gasteiger partial charge in [-0.05, 0) is 30.2 Å². The molecule has 0 fully saturated rings. The van der Waals surface area contributed by atoms with Crippen LogP contribution in [0.3, 0.4) is 0 Å². The molecule has 1 aromatic carbocycles. The fourth-order valence-electron chi connectivity index (χ4n) is 1.93. The molecule has 2 aromatic rings.